The molecule has 0 saturated heterocycles. The van der Waals surface area contributed by atoms with E-state index in [1.54, 1.807) is 6.92 Å². The molecule has 0 unspecified atom stereocenters. The van der Waals surface area contributed by atoms with Crippen molar-refractivity contribution in [2.24, 2.45) is 0 Å². The molecule has 3 atom stereocenters. The maximum absolute atomic E-state index is 12.8. The van der Waals surface area contributed by atoms with E-state index in [9.17, 15) is 24.3 Å². The predicted molar refractivity (Wildman–Crippen MR) is 184 cm³/mol. The van der Waals surface area contributed by atoms with E-state index in [0.29, 0.717) is 12.8 Å². The zero-order valence-electron chi connectivity index (χ0n) is 27.9. The summed E-state index contributed by atoms with van der Waals surface area (Å²) < 4.78 is 0. The highest BCUT2D eigenvalue weighted by Crippen LogP contribution is 2.42. The van der Waals surface area contributed by atoms with E-state index >= 15 is 0 Å². The topological polar surface area (TPSA) is 167 Å². The lowest BCUT2D eigenvalue weighted by Crippen LogP contribution is -2.35. The minimum Gasteiger partial charge on any atom is -0.390 e. The Hall–Kier alpha value is -3.61. The van der Waals surface area contributed by atoms with E-state index in [4.69, 9.17) is 9.97 Å². The number of amides is 1. The molecule has 0 radical (unpaired) electrons. The first-order valence-electron chi connectivity index (χ1n) is 16.2. The van der Waals surface area contributed by atoms with Crippen LogP contribution >= 0.6 is 0 Å². The summed E-state index contributed by atoms with van der Waals surface area (Å²) in [6, 6.07) is 6.16. The van der Waals surface area contributed by atoms with Gasteiger partial charge in [0.1, 0.15) is 0 Å². The zero-order valence-corrected chi connectivity index (χ0v) is 28.9. The maximum atomic E-state index is 12.8. The number of nitrogens with zero attached hydrogens (tertiary/aromatic N) is 2. The van der Waals surface area contributed by atoms with Gasteiger partial charge in [-0.3, -0.25) is 9.78 Å². The van der Waals surface area contributed by atoms with Crippen LogP contribution < -0.4 is 5.32 Å². The molecule has 8 bridgehead atoms. The lowest BCUT2D eigenvalue weighted by Gasteiger charge is -2.17. The highest BCUT2D eigenvalue weighted by molar-refractivity contribution is 6.56. The number of carbonyl (C=O) groups excluding carboxylic acids is 1. The number of aromatic amines is 2. The first-order valence-corrected chi connectivity index (χ1v) is 18.3. The number of nitrogens with one attached hydrogen (secondary N) is 3. The molecular formula is C35H47N5O5Si. The average Bonchev–Trinajstić information content (AvgIpc) is 3.68. The Morgan fingerprint density at radius 3 is 2.35 bits per heavy atom. The van der Waals surface area contributed by atoms with Crippen LogP contribution in [-0.4, -0.2) is 60.7 Å². The number of H-pyrrole nitrogens is 2. The Morgan fingerprint density at radius 1 is 0.978 bits per heavy atom. The Morgan fingerprint density at radius 2 is 1.67 bits per heavy atom. The molecule has 10 nitrogen and oxygen atoms in total. The Bertz CT molecular complexity index is 1850. The number of aliphatic hydroxyl groups is 1. The molecule has 0 fully saturated rings. The van der Waals surface area contributed by atoms with Crippen LogP contribution in [0.25, 0.3) is 33.7 Å². The van der Waals surface area contributed by atoms with Crippen LogP contribution in [0, 0.1) is 20.8 Å². The van der Waals surface area contributed by atoms with Gasteiger partial charge in [-0.15, -0.1) is 0 Å². The molecule has 3 aromatic rings. The van der Waals surface area contributed by atoms with E-state index < -0.39 is 14.9 Å². The highest BCUT2D eigenvalue weighted by Gasteiger charge is 2.32. The molecule has 0 spiro atoms. The van der Waals surface area contributed by atoms with Crippen molar-refractivity contribution in [3.05, 3.63) is 68.8 Å². The van der Waals surface area contributed by atoms with Crippen LogP contribution in [0.1, 0.15) is 115 Å². The standard InChI is InChI=1S/C35H47N5O5Si/c1-8-24-19(3)28-17-32-34(23(7)41)21(5)30(39-32)16-29-20(4)25(10-11-33(42)36-12-9-13-46(43,44)45)35(40-29)22(6)27-14-18(2)26(37-27)15-31(24)38-28/h14-17,20,23,25,38-39,41,43-45H,8-13H2,1-7H3,(H,36,42)/t20-,23-,25-/m0/s1. The lowest BCUT2D eigenvalue weighted by molar-refractivity contribution is -0.121. The zero-order chi connectivity index (χ0) is 33.5. The van der Waals surface area contributed by atoms with Gasteiger partial charge in [-0.25, -0.2) is 4.98 Å². The fourth-order valence-corrected chi connectivity index (χ4v) is 7.54. The monoisotopic (exact) mass is 645 g/mol. The number of aryl methyl sites for hydroxylation is 3. The van der Waals surface area contributed by atoms with Crippen molar-refractivity contribution in [3.63, 3.8) is 0 Å². The normalized spacial score (nSPS) is 17.2. The number of rotatable bonds is 9. The fourth-order valence-electron chi connectivity index (χ4n) is 6.89. The number of aromatic nitrogens is 4. The van der Waals surface area contributed by atoms with E-state index in [-0.39, 0.29) is 36.8 Å². The van der Waals surface area contributed by atoms with Gasteiger partial charge in [0.2, 0.25) is 5.91 Å². The van der Waals surface area contributed by atoms with Gasteiger partial charge in [0.15, 0.2) is 0 Å². The van der Waals surface area contributed by atoms with Gasteiger partial charge >= 0.3 is 8.80 Å². The molecule has 7 N–H and O–H groups in total. The van der Waals surface area contributed by atoms with E-state index in [2.05, 4.69) is 74.2 Å². The number of aliphatic hydroxyl groups excluding tert-OH is 1. The largest absolute Gasteiger partial charge is 0.492 e. The van der Waals surface area contributed by atoms with Crippen molar-refractivity contribution in [2.45, 2.75) is 98.1 Å². The maximum Gasteiger partial charge on any atom is 0.492 e. The summed E-state index contributed by atoms with van der Waals surface area (Å²) in [5, 5.41) is 13.7. The van der Waals surface area contributed by atoms with Crippen molar-refractivity contribution < 1.29 is 24.3 Å². The smallest absolute Gasteiger partial charge is 0.390 e. The third kappa shape index (κ3) is 6.89. The first-order chi connectivity index (χ1) is 21.7. The van der Waals surface area contributed by atoms with Gasteiger partial charge in [-0.2, -0.15) is 0 Å². The summed E-state index contributed by atoms with van der Waals surface area (Å²) in [4.78, 5) is 58.0. The van der Waals surface area contributed by atoms with Crippen LogP contribution in [0.15, 0.2) is 18.2 Å². The van der Waals surface area contributed by atoms with E-state index in [0.717, 1.165) is 73.5 Å². The summed E-state index contributed by atoms with van der Waals surface area (Å²) >= 11 is 0. The van der Waals surface area contributed by atoms with Crippen LogP contribution in [-0.2, 0) is 11.2 Å². The van der Waals surface area contributed by atoms with Crippen molar-refractivity contribution in [2.75, 3.05) is 6.54 Å². The van der Waals surface area contributed by atoms with Gasteiger partial charge in [0, 0.05) is 69.9 Å². The summed E-state index contributed by atoms with van der Waals surface area (Å²) in [7, 11) is -4.11. The molecule has 1 amide bonds. The van der Waals surface area contributed by atoms with Gasteiger partial charge in [-0.05, 0) is 106 Å². The Labute approximate surface area is 271 Å². The molecule has 5 rings (SSSR count). The highest BCUT2D eigenvalue weighted by atomic mass is 28.4. The molecule has 0 aliphatic carbocycles. The second-order valence-corrected chi connectivity index (χ2v) is 15.0. The first kappa shape index (κ1) is 33.7. The fraction of sp³-hybridized carbons (Fsp3) is 0.457. The molecule has 2 aliphatic rings. The Balaban J connectivity index is 1.66. The van der Waals surface area contributed by atoms with Gasteiger partial charge in [0.25, 0.3) is 0 Å². The lowest BCUT2D eigenvalue weighted by atomic mass is 9.85. The molecule has 5 heterocycles. The molecule has 2 aliphatic heterocycles. The van der Waals surface area contributed by atoms with Crippen molar-refractivity contribution in [1.29, 1.82) is 0 Å². The number of hydrogen-bond donors (Lipinski definition) is 7. The van der Waals surface area contributed by atoms with Gasteiger partial charge in [0.05, 0.1) is 17.5 Å². The van der Waals surface area contributed by atoms with E-state index in [1.807, 2.05) is 6.92 Å². The number of hydrogen-bond acceptors (Lipinski definition) is 7. The number of fused-ring (bicyclic) bond motifs is 8. The summed E-state index contributed by atoms with van der Waals surface area (Å²) in [6.07, 6.45) is 3.44. The molecule has 0 saturated carbocycles. The minimum absolute atomic E-state index is 0.0188. The van der Waals surface area contributed by atoms with Crippen LogP contribution in [0.3, 0.4) is 0 Å². The van der Waals surface area contributed by atoms with Crippen LogP contribution in [0.5, 0.6) is 0 Å². The van der Waals surface area contributed by atoms with Crippen molar-refractivity contribution in [3.8, 4) is 0 Å². The molecule has 11 heteroatoms. The number of allylic oxidation sites excluding steroid dienone is 1. The third-order valence-electron chi connectivity index (χ3n) is 9.58. The van der Waals surface area contributed by atoms with Crippen molar-refractivity contribution >= 4 is 48.4 Å². The number of carbonyl (C=O) groups is 1. The molecular weight excluding hydrogens is 599 g/mol. The molecule has 46 heavy (non-hydrogen) atoms. The SMILES string of the molecule is CCc1c(C)c2cc3[nH]c(cc4nc(c(C)c5nc(cc1[nH]2)C(C)=C5)[C@@H](CCC(=O)NCCC[Si](O)(O)O)[C@@H]4C)c(C)c3[C@H](C)O. The molecule has 0 aromatic carbocycles. The average molecular weight is 646 g/mol. The minimum atomic E-state index is -4.11. The van der Waals surface area contributed by atoms with E-state index in [1.165, 1.54) is 11.1 Å². The second kappa shape index (κ2) is 13.2. The summed E-state index contributed by atoms with van der Waals surface area (Å²) in [6.45, 7) is 14.6. The second-order valence-electron chi connectivity index (χ2n) is 12.9. The van der Waals surface area contributed by atoms with Gasteiger partial charge in [-0.1, -0.05) is 13.8 Å². The summed E-state index contributed by atoms with van der Waals surface area (Å²) in [5.41, 5.74) is 13.6. The quantitative estimate of drug-likeness (QED) is 0.119. The third-order valence-corrected chi connectivity index (χ3v) is 10.6. The predicted octanol–water partition coefficient (Wildman–Crippen LogP) is 5.51. The van der Waals surface area contributed by atoms with Crippen LogP contribution in [0.4, 0.5) is 0 Å². The Kier molecular flexibility index (Phi) is 9.72. The van der Waals surface area contributed by atoms with Crippen molar-refractivity contribution in [1.82, 2.24) is 25.3 Å². The van der Waals surface area contributed by atoms with Gasteiger partial charge < -0.3 is 34.8 Å². The molecule has 246 valence electrons. The van der Waals surface area contributed by atoms with Crippen LogP contribution in [0.2, 0.25) is 6.04 Å². The summed E-state index contributed by atoms with van der Waals surface area (Å²) in [5.74, 6) is -0.137. The molecule has 3 aromatic heterocycles.